The molecule has 4 heteroatoms. The van der Waals surface area contributed by atoms with Gasteiger partial charge in [0, 0.05) is 12.7 Å². The smallest absolute Gasteiger partial charge is 0.173 e. The van der Waals surface area contributed by atoms with Crippen molar-refractivity contribution in [2.75, 3.05) is 11.9 Å². The third-order valence-corrected chi connectivity index (χ3v) is 1.32. The highest BCUT2D eigenvalue weighted by Gasteiger charge is 1.98. The molecule has 0 atom stereocenters. The largest absolute Gasteiger partial charge is 0.378 e. The Balaban J connectivity index is 2.56. The summed E-state index contributed by atoms with van der Waals surface area (Å²) >= 11 is 5.64. The van der Waals surface area contributed by atoms with Crippen molar-refractivity contribution in [1.82, 2.24) is 10.2 Å². The second-order valence-corrected chi connectivity index (χ2v) is 2.12. The van der Waals surface area contributed by atoms with Crippen LogP contribution in [0.5, 0.6) is 0 Å². The molecular weight excluding hydrogens is 150 g/mol. The van der Waals surface area contributed by atoms with E-state index in [1.807, 2.05) is 0 Å². The number of H-pyrrole nitrogens is 1. The van der Waals surface area contributed by atoms with Gasteiger partial charge in [-0.3, -0.25) is 5.10 Å². The van der Waals surface area contributed by atoms with Gasteiger partial charge in [0.25, 0.3) is 0 Å². The summed E-state index contributed by atoms with van der Waals surface area (Å²) in [5, 5.41) is 9.80. The molecule has 0 aromatic carbocycles. The summed E-state index contributed by atoms with van der Waals surface area (Å²) in [6.07, 6.45) is 3.45. The van der Waals surface area contributed by atoms with Gasteiger partial charge in [0.2, 0.25) is 0 Å². The van der Waals surface area contributed by atoms with Gasteiger partial charge in [-0.2, -0.15) is 5.10 Å². The monoisotopic (exact) mass is 157 g/mol. The Morgan fingerprint density at radius 3 is 3.20 bits per heavy atom. The first-order valence-electron chi connectivity index (χ1n) is 2.88. The molecular formula is C6H8ClN3. The van der Waals surface area contributed by atoms with Crippen LogP contribution in [0.15, 0.2) is 18.9 Å². The van der Waals surface area contributed by atoms with Crippen LogP contribution < -0.4 is 5.32 Å². The summed E-state index contributed by atoms with van der Waals surface area (Å²) < 4.78 is 0. The average molecular weight is 158 g/mol. The summed E-state index contributed by atoms with van der Waals surface area (Å²) in [6, 6.07) is 0. The SMILES string of the molecule is C=CCNc1c[nH]nc1Cl. The van der Waals surface area contributed by atoms with Gasteiger partial charge in [0.05, 0.1) is 5.69 Å². The zero-order valence-corrected chi connectivity index (χ0v) is 6.15. The minimum absolute atomic E-state index is 0.460. The number of anilines is 1. The van der Waals surface area contributed by atoms with E-state index in [1.165, 1.54) is 0 Å². The van der Waals surface area contributed by atoms with Gasteiger partial charge in [-0.1, -0.05) is 17.7 Å². The van der Waals surface area contributed by atoms with E-state index < -0.39 is 0 Å². The molecule has 1 heterocycles. The number of hydrogen-bond acceptors (Lipinski definition) is 2. The first-order valence-corrected chi connectivity index (χ1v) is 3.26. The third-order valence-electron chi connectivity index (χ3n) is 1.03. The van der Waals surface area contributed by atoms with Crippen LogP contribution in [0.2, 0.25) is 5.15 Å². The predicted molar refractivity (Wildman–Crippen MR) is 42.3 cm³/mol. The van der Waals surface area contributed by atoms with Crippen LogP contribution in [0.25, 0.3) is 0 Å². The lowest BCUT2D eigenvalue weighted by molar-refractivity contribution is 1.09. The molecule has 3 nitrogen and oxygen atoms in total. The van der Waals surface area contributed by atoms with Crippen molar-refractivity contribution in [2.24, 2.45) is 0 Å². The maximum atomic E-state index is 5.64. The number of aromatic nitrogens is 2. The number of rotatable bonds is 3. The standard InChI is InChI=1S/C6H8ClN3/c1-2-3-8-5-4-9-10-6(5)7/h2,4,8H,1,3H2,(H,9,10). The highest BCUT2D eigenvalue weighted by Crippen LogP contribution is 2.15. The molecule has 0 spiro atoms. The number of nitrogens with zero attached hydrogens (tertiary/aromatic N) is 1. The van der Waals surface area contributed by atoms with Crippen molar-refractivity contribution < 1.29 is 0 Å². The maximum absolute atomic E-state index is 5.64. The lowest BCUT2D eigenvalue weighted by atomic mass is 10.5. The molecule has 1 rings (SSSR count). The first kappa shape index (κ1) is 7.15. The fraction of sp³-hybridized carbons (Fsp3) is 0.167. The highest BCUT2D eigenvalue weighted by atomic mass is 35.5. The van der Waals surface area contributed by atoms with Gasteiger partial charge in [0.15, 0.2) is 5.15 Å². The normalized spacial score (nSPS) is 9.30. The quantitative estimate of drug-likeness (QED) is 0.656. The third kappa shape index (κ3) is 1.51. The molecule has 0 radical (unpaired) electrons. The fourth-order valence-corrected chi connectivity index (χ4v) is 0.750. The van der Waals surface area contributed by atoms with Crippen molar-refractivity contribution in [2.45, 2.75) is 0 Å². The Morgan fingerprint density at radius 1 is 1.90 bits per heavy atom. The van der Waals surface area contributed by atoms with Gasteiger partial charge in [-0.15, -0.1) is 6.58 Å². The van der Waals surface area contributed by atoms with E-state index in [0.29, 0.717) is 11.7 Å². The molecule has 0 amide bonds. The lowest BCUT2D eigenvalue weighted by Gasteiger charge is -1.96. The Morgan fingerprint density at radius 2 is 2.70 bits per heavy atom. The van der Waals surface area contributed by atoms with E-state index in [2.05, 4.69) is 22.1 Å². The molecule has 54 valence electrons. The second kappa shape index (κ2) is 3.27. The lowest BCUT2D eigenvalue weighted by Crippen LogP contribution is -1.95. The van der Waals surface area contributed by atoms with Crippen LogP contribution in [0, 0.1) is 0 Å². The molecule has 0 unspecified atom stereocenters. The summed E-state index contributed by atoms with van der Waals surface area (Å²) in [7, 11) is 0. The molecule has 0 saturated carbocycles. The molecule has 2 N–H and O–H groups in total. The summed E-state index contributed by atoms with van der Waals surface area (Å²) in [6.45, 7) is 4.25. The molecule has 0 aliphatic heterocycles. The van der Waals surface area contributed by atoms with Crippen molar-refractivity contribution in [1.29, 1.82) is 0 Å². The number of hydrogen-bond donors (Lipinski definition) is 2. The molecule has 0 fully saturated rings. The molecule has 0 aliphatic rings. The molecule has 1 aromatic heterocycles. The summed E-state index contributed by atoms with van der Waals surface area (Å²) in [5.41, 5.74) is 0.807. The first-order chi connectivity index (χ1) is 4.84. The average Bonchev–Trinajstić information content (AvgIpc) is 2.31. The van der Waals surface area contributed by atoms with Crippen LogP contribution in [-0.2, 0) is 0 Å². The topological polar surface area (TPSA) is 40.7 Å². The zero-order chi connectivity index (χ0) is 7.40. The minimum atomic E-state index is 0.460. The van der Waals surface area contributed by atoms with E-state index in [4.69, 9.17) is 11.6 Å². The Hall–Kier alpha value is -0.960. The van der Waals surface area contributed by atoms with Crippen LogP contribution >= 0.6 is 11.6 Å². The maximum Gasteiger partial charge on any atom is 0.173 e. The van der Waals surface area contributed by atoms with E-state index in [-0.39, 0.29) is 0 Å². The van der Waals surface area contributed by atoms with E-state index in [0.717, 1.165) is 5.69 Å². The van der Waals surface area contributed by atoms with E-state index in [1.54, 1.807) is 12.3 Å². The second-order valence-electron chi connectivity index (χ2n) is 1.76. The van der Waals surface area contributed by atoms with Crippen LogP contribution in [-0.4, -0.2) is 16.7 Å². The van der Waals surface area contributed by atoms with Crippen LogP contribution in [0.4, 0.5) is 5.69 Å². The molecule has 1 aromatic rings. The van der Waals surface area contributed by atoms with Gasteiger partial charge in [-0.05, 0) is 0 Å². The number of aromatic amines is 1. The Kier molecular flexibility index (Phi) is 2.34. The van der Waals surface area contributed by atoms with Crippen molar-refractivity contribution in [3.8, 4) is 0 Å². The van der Waals surface area contributed by atoms with E-state index >= 15 is 0 Å². The Bertz CT molecular complexity index is 219. The molecule has 0 saturated heterocycles. The fourth-order valence-electron chi connectivity index (χ4n) is 0.579. The zero-order valence-electron chi connectivity index (χ0n) is 5.39. The van der Waals surface area contributed by atoms with Crippen molar-refractivity contribution >= 4 is 17.3 Å². The minimum Gasteiger partial charge on any atom is -0.378 e. The number of nitrogens with one attached hydrogen (secondary N) is 2. The summed E-state index contributed by atoms with van der Waals surface area (Å²) in [4.78, 5) is 0. The van der Waals surface area contributed by atoms with E-state index in [9.17, 15) is 0 Å². The van der Waals surface area contributed by atoms with Gasteiger partial charge >= 0.3 is 0 Å². The Labute approximate surface area is 64.1 Å². The van der Waals surface area contributed by atoms with Gasteiger partial charge in [0.1, 0.15) is 0 Å². The van der Waals surface area contributed by atoms with Crippen molar-refractivity contribution in [3.05, 3.63) is 24.0 Å². The molecule has 0 bridgehead atoms. The summed E-state index contributed by atoms with van der Waals surface area (Å²) in [5.74, 6) is 0. The van der Waals surface area contributed by atoms with Gasteiger partial charge < -0.3 is 5.32 Å². The molecule has 0 aliphatic carbocycles. The van der Waals surface area contributed by atoms with Gasteiger partial charge in [-0.25, -0.2) is 0 Å². The number of halogens is 1. The molecule has 10 heavy (non-hydrogen) atoms. The van der Waals surface area contributed by atoms with Crippen molar-refractivity contribution in [3.63, 3.8) is 0 Å². The predicted octanol–water partition coefficient (Wildman–Crippen LogP) is 1.66. The highest BCUT2D eigenvalue weighted by molar-refractivity contribution is 6.31. The van der Waals surface area contributed by atoms with Crippen LogP contribution in [0.1, 0.15) is 0 Å². The van der Waals surface area contributed by atoms with Crippen LogP contribution in [0.3, 0.4) is 0 Å².